The highest BCUT2D eigenvalue weighted by atomic mass is 16.5. The summed E-state index contributed by atoms with van der Waals surface area (Å²) < 4.78 is 5.27. The number of carbonyl (C=O) groups excluding carboxylic acids is 1. The average molecular weight is 150 g/mol. The van der Waals surface area contributed by atoms with E-state index in [1.807, 2.05) is 0 Å². The Bertz CT molecular complexity index is 254. The first-order valence-electron chi connectivity index (χ1n) is 4.23. The highest BCUT2D eigenvalue weighted by Crippen LogP contribution is 2.46. The van der Waals surface area contributed by atoms with Crippen LogP contribution < -0.4 is 0 Å². The van der Waals surface area contributed by atoms with Crippen LogP contribution in [0, 0.1) is 11.8 Å². The minimum Gasteiger partial charge on any atom is -0.461 e. The standard InChI is InChI=1S/C9H10O2/c10-9-7-2-5-1-6(4-7)8(3-5)11-9/h2,6-8H,1,3-4H2. The summed E-state index contributed by atoms with van der Waals surface area (Å²) >= 11 is 0. The van der Waals surface area contributed by atoms with Crippen molar-refractivity contribution in [2.24, 2.45) is 11.8 Å². The Labute approximate surface area is 65.2 Å². The molecule has 0 radical (unpaired) electrons. The third kappa shape index (κ3) is 0.647. The van der Waals surface area contributed by atoms with Crippen molar-refractivity contribution < 1.29 is 9.53 Å². The zero-order chi connectivity index (χ0) is 7.42. The first kappa shape index (κ1) is 5.81. The maximum absolute atomic E-state index is 11.2. The topological polar surface area (TPSA) is 26.3 Å². The van der Waals surface area contributed by atoms with Crippen LogP contribution in [0.25, 0.3) is 0 Å². The zero-order valence-corrected chi connectivity index (χ0v) is 6.25. The quantitative estimate of drug-likeness (QED) is 0.384. The largest absolute Gasteiger partial charge is 0.461 e. The van der Waals surface area contributed by atoms with Crippen molar-refractivity contribution in [1.29, 1.82) is 0 Å². The van der Waals surface area contributed by atoms with Gasteiger partial charge < -0.3 is 4.74 Å². The summed E-state index contributed by atoms with van der Waals surface area (Å²) in [4.78, 5) is 11.2. The molecule has 2 nitrogen and oxygen atoms in total. The lowest BCUT2D eigenvalue weighted by Crippen LogP contribution is -2.34. The van der Waals surface area contributed by atoms with Crippen LogP contribution in [0.5, 0.6) is 0 Å². The molecule has 0 spiro atoms. The van der Waals surface area contributed by atoms with E-state index in [0.29, 0.717) is 5.92 Å². The molecular formula is C9H10O2. The Balaban J connectivity index is 2.10. The van der Waals surface area contributed by atoms with Crippen LogP contribution in [-0.4, -0.2) is 12.1 Å². The van der Waals surface area contributed by atoms with Gasteiger partial charge in [0.2, 0.25) is 0 Å². The molecule has 1 saturated carbocycles. The van der Waals surface area contributed by atoms with Gasteiger partial charge in [0.05, 0.1) is 5.92 Å². The molecule has 3 atom stereocenters. The highest BCUT2D eigenvalue weighted by molar-refractivity contribution is 5.76. The molecule has 0 amide bonds. The van der Waals surface area contributed by atoms with E-state index in [9.17, 15) is 4.79 Å². The van der Waals surface area contributed by atoms with Gasteiger partial charge >= 0.3 is 5.97 Å². The highest BCUT2D eigenvalue weighted by Gasteiger charge is 2.45. The van der Waals surface area contributed by atoms with Crippen LogP contribution in [0.15, 0.2) is 11.6 Å². The monoisotopic (exact) mass is 150 g/mol. The van der Waals surface area contributed by atoms with E-state index in [4.69, 9.17) is 4.74 Å². The van der Waals surface area contributed by atoms with E-state index in [2.05, 4.69) is 6.08 Å². The Kier molecular flexibility index (Phi) is 0.888. The van der Waals surface area contributed by atoms with E-state index >= 15 is 0 Å². The SMILES string of the molecule is O=C1OC2CC3=CC1CC2C3. The van der Waals surface area contributed by atoms with Crippen molar-refractivity contribution in [3.63, 3.8) is 0 Å². The lowest BCUT2D eigenvalue weighted by Gasteiger charge is -2.29. The molecule has 2 fully saturated rings. The van der Waals surface area contributed by atoms with Gasteiger partial charge in [-0.25, -0.2) is 0 Å². The predicted molar refractivity (Wildman–Crippen MR) is 38.8 cm³/mol. The van der Waals surface area contributed by atoms with Gasteiger partial charge in [-0.05, 0) is 12.8 Å². The second kappa shape index (κ2) is 1.68. The number of hydrogen-bond donors (Lipinski definition) is 0. The van der Waals surface area contributed by atoms with Gasteiger partial charge in [-0.2, -0.15) is 0 Å². The van der Waals surface area contributed by atoms with Gasteiger partial charge in [-0.15, -0.1) is 0 Å². The van der Waals surface area contributed by atoms with Crippen molar-refractivity contribution in [3.8, 4) is 0 Å². The fourth-order valence-electron chi connectivity index (χ4n) is 2.57. The summed E-state index contributed by atoms with van der Waals surface area (Å²) in [6, 6.07) is 0. The van der Waals surface area contributed by atoms with Crippen molar-refractivity contribution in [2.75, 3.05) is 0 Å². The molecule has 11 heavy (non-hydrogen) atoms. The number of fused-ring (bicyclic) bond motifs is 2. The number of carbonyl (C=O) groups is 1. The maximum atomic E-state index is 11.2. The molecule has 3 bridgehead atoms. The van der Waals surface area contributed by atoms with E-state index in [1.165, 1.54) is 12.0 Å². The first-order chi connectivity index (χ1) is 5.33. The second-order valence-electron chi connectivity index (χ2n) is 3.81. The van der Waals surface area contributed by atoms with E-state index in [0.717, 1.165) is 12.8 Å². The molecular weight excluding hydrogens is 140 g/mol. The lowest BCUT2D eigenvalue weighted by atomic mass is 9.85. The molecule has 58 valence electrons. The van der Waals surface area contributed by atoms with Crippen molar-refractivity contribution in [2.45, 2.75) is 25.4 Å². The zero-order valence-electron chi connectivity index (χ0n) is 6.25. The minimum atomic E-state index is 0.0148. The third-order valence-corrected chi connectivity index (χ3v) is 3.08. The summed E-state index contributed by atoms with van der Waals surface area (Å²) in [6.07, 6.45) is 5.63. The molecule has 2 aliphatic carbocycles. The maximum Gasteiger partial charge on any atom is 0.313 e. The number of ether oxygens (including phenoxy) is 1. The average Bonchev–Trinajstić information content (AvgIpc) is 2.19. The summed E-state index contributed by atoms with van der Waals surface area (Å²) in [6.45, 7) is 0. The van der Waals surface area contributed by atoms with Crippen LogP contribution in [0.4, 0.5) is 0 Å². The van der Waals surface area contributed by atoms with Gasteiger partial charge in [-0.3, -0.25) is 4.79 Å². The van der Waals surface area contributed by atoms with Gasteiger partial charge in [0, 0.05) is 12.3 Å². The van der Waals surface area contributed by atoms with Crippen molar-refractivity contribution in [1.82, 2.24) is 0 Å². The van der Waals surface area contributed by atoms with Crippen molar-refractivity contribution >= 4 is 5.97 Å². The molecule has 1 saturated heterocycles. The molecule has 0 aromatic heterocycles. The molecule has 3 unspecified atom stereocenters. The van der Waals surface area contributed by atoms with E-state index in [1.54, 1.807) is 0 Å². The smallest absolute Gasteiger partial charge is 0.313 e. The predicted octanol–water partition coefficient (Wildman–Crippen LogP) is 1.27. The normalized spacial score (nSPS) is 45.6. The minimum absolute atomic E-state index is 0.0148. The molecule has 3 aliphatic rings. The van der Waals surface area contributed by atoms with Crippen LogP contribution >= 0.6 is 0 Å². The molecule has 1 aliphatic heterocycles. The molecule has 0 aromatic carbocycles. The van der Waals surface area contributed by atoms with E-state index in [-0.39, 0.29) is 18.0 Å². The van der Waals surface area contributed by atoms with Crippen LogP contribution in [0.3, 0.4) is 0 Å². The molecule has 3 rings (SSSR count). The Morgan fingerprint density at radius 3 is 3.27 bits per heavy atom. The third-order valence-electron chi connectivity index (χ3n) is 3.08. The number of rotatable bonds is 0. The Morgan fingerprint density at radius 2 is 2.36 bits per heavy atom. The molecule has 2 heteroatoms. The van der Waals surface area contributed by atoms with Crippen LogP contribution in [0.2, 0.25) is 0 Å². The molecule has 0 aromatic rings. The Morgan fingerprint density at radius 1 is 1.45 bits per heavy atom. The first-order valence-corrected chi connectivity index (χ1v) is 4.23. The van der Waals surface area contributed by atoms with Crippen LogP contribution in [0.1, 0.15) is 19.3 Å². The number of esters is 1. The van der Waals surface area contributed by atoms with Crippen LogP contribution in [-0.2, 0) is 9.53 Å². The summed E-state index contributed by atoms with van der Waals surface area (Å²) in [5.41, 5.74) is 1.46. The van der Waals surface area contributed by atoms with Crippen molar-refractivity contribution in [3.05, 3.63) is 11.6 Å². The fraction of sp³-hybridized carbons (Fsp3) is 0.667. The number of hydrogen-bond acceptors (Lipinski definition) is 2. The van der Waals surface area contributed by atoms with Gasteiger partial charge in [-0.1, -0.05) is 11.6 Å². The lowest BCUT2D eigenvalue weighted by molar-refractivity contribution is -0.160. The molecule has 0 N–H and O–H groups in total. The Hall–Kier alpha value is -0.790. The summed E-state index contributed by atoms with van der Waals surface area (Å²) in [5, 5.41) is 0. The summed E-state index contributed by atoms with van der Waals surface area (Å²) in [5.74, 6) is 0.793. The summed E-state index contributed by atoms with van der Waals surface area (Å²) in [7, 11) is 0. The van der Waals surface area contributed by atoms with E-state index < -0.39 is 0 Å². The van der Waals surface area contributed by atoms with Gasteiger partial charge in [0.25, 0.3) is 0 Å². The van der Waals surface area contributed by atoms with Gasteiger partial charge in [0.1, 0.15) is 6.10 Å². The molecule has 1 heterocycles. The van der Waals surface area contributed by atoms with Gasteiger partial charge in [0.15, 0.2) is 0 Å². The second-order valence-corrected chi connectivity index (χ2v) is 3.81. The fourth-order valence-corrected chi connectivity index (χ4v) is 2.57.